The predicted molar refractivity (Wildman–Crippen MR) is 60.7 cm³/mol. The molecule has 3 nitrogen and oxygen atoms in total. The summed E-state index contributed by atoms with van der Waals surface area (Å²) in [6.07, 6.45) is 1.97. The van der Waals surface area contributed by atoms with Crippen LogP contribution in [-0.4, -0.2) is 24.5 Å². The summed E-state index contributed by atoms with van der Waals surface area (Å²) in [5, 5.41) is 2.09. The standard InChI is InChI=1S/C13H17NO2/c1-2-15-13-9-12-11-6-4-3-5-10(11)7-8-14(12)16-13/h3-6,12-13H,2,7-9H2,1H3/t12-,13+/m0/s1. The van der Waals surface area contributed by atoms with Gasteiger partial charge in [-0.3, -0.25) is 4.84 Å². The molecule has 0 aliphatic carbocycles. The normalized spacial score (nSPS) is 28.8. The molecule has 0 radical (unpaired) electrons. The Morgan fingerprint density at radius 1 is 1.44 bits per heavy atom. The van der Waals surface area contributed by atoms with E-state index in [1.807, 2.05) is 6.92 Å². The fourth-order valence-corrected chi connectivity index (χ4v) is 2.66. The number of fused-ring (bicyclic) bond motifs is 3. The van der Waals surface area contributed by atoms with E-state index in [2.05, 4.69) is 29.3 Å². The van der Waals surface area contributed by atoms with Gasteiger partial charge in [-0.25, -0.2) is 0 Å². The third-order valence-corrected chi connectivity index (χ3v) is 3.38. The first kappa shape index (κ1) is 10.3. The second kappa shape index (κ2) is 4.17. The molecule has 86 valence electrons. The zero-order valence-corrected chi connectivity index (χ0v) is 9.56. The van der Waals surface area contributed by atoms with Gasteiger partial charge in [0, 0.05) is 19.6 Å². The quantitative estimate of drug-likeness (QED) is 0.761. The van der Waals surface area contributed by atoms with Gasteiger partial charge in [-0.15, -0.1) is 0 Å². The van der Waals surface area contributed by atoms with Crippen LogP contribution < -0.4 is 0 Å². The summed E-state index contributed by atoms with van der Waals surface area (Å²) in [5.74, 6) is 0. The highest BCUT2D eigenvalue weighted by Gasteiger charge is 2.38. The maximum Gasteiger partial charge on any atom is 0.179 e. The van der Waals surface area contributed by atoms with Crippen molar-refractivity contribution < 1.29 is 9.57 Å². The Labute approximate surface area is 95.9 Å². The average Bonchev–Trinajstić information content (AvgIpc) is 2.72. The van der Waals surface area contributed by atoms with Gasteiger partial charge >= 0.3 is 0 Å². The second-order valence-electron chi connectivity index (χ2n) is 4.33. The first-order chi connectivity index (χ1) is 7.88. The van der Waals surface area contributed by atoms with Gasteiger partial charge in [0.1, 0.15) is 0 Å². The van der Waals surface area contributed by atoms with Gasteiger partial charge < -0.3 is 4.74 Å². The summed E-state index contributed by atoms with van der Waals surface area (Å²) in [7, 11) is 0. The minimum Gasteiger partial charge on any atom is -0.351 e. The second-order valence-corrected chi connectivity index (χ2v) is 4.33. The minimum atomic E-state index is -0.0545. The molecule has 2 aliphatic rings. The molecule has 0 bridgehead atoms. The summed E-state index contributed by atoms with van der Waals surface area (Å²) in [4.78, 5) is 5.77. The van der Waals surface area contributed by atoms with Crippen LogP contribution in [0.2, 0.25) is 0 Å². The molecule has 2 heterocycles. The fraction of sp³-hybridized carbons (Fsp3) is 0.538. The Morgan fingerprint density at radius 3 is 3.19 bits per heavy atom. The van der Waals surface area contributed by atoms with Gasteiger partial charge in [0.05, 0.1) is 6.04 Å². The van der Waals surface area contributed by atoms with Gasteiger partial charge in [-0.1, -0.05) is 24.3 Å². The Kier molecular flexibility index (Phi) is 2.67. The minimum absolute atomic E-state index is 0.0545. The van der Waals surface area contributed by atoms with E-state index in [1.165, 1.54) is 11.1 Å². The summed E-state index contributed by atoms with van der Waals surface area (Å²) in [6, 6.07) is 9.05. The van der Waals surface area contributed by atoms with Crippen molar-refractivity contribution in [2.24, 2.45) is 0 Å². The molecule has 0 aromatic heterocycles. The molecule has 1 saturated heterocycles. The molecule has 2 atom stereocenters. The lowest BCUT2D eigenvalue weighted by Crippen LogP contribution is -2.30. The monoisotopic (exact) mass is 219 g/mol. The van der Waals surface area contributed by atoms with E-state index in [-0.39, 0.29) is 6.29 Å². The van der Waals surface area contributed by atoms with Crippen LogP contribution in [0.4, 0.5) is 0 Å². The first-order valence-corrected chi connectivity index (χ1v) is 6.01. The molecule has 0 spiro atoms. The maximum atomic E-state index is 5.77. The number of benzene rings is 1. The van der Waals surface area contributed by atoms with Crippen LogP contribution in [0.25, 0.3) is 0 Å². The Morgan fingerprint density at radius 2 is 2.31 bits per heavy atom. The molecular formula is C13H17NO2. The van der Waals surface area contributed by atoms with E-state index < -0.39 is 0 Å². The van der Waals surface area contributed by atoms with E-state index in [4.69, 9.17) is 9.57 Å². The zero-order chi connectivity index (χ0) is 11.0. The Balaban J connectivity index is 1.84. The van der Waals surface area contributed by atoms with Gasteiger partial charge in [-0.2, -0.15) is 5.06 Å². The van der Waals surface area contributed by atoms with Crippen LogP contribution >= 0.6 is 0 Å². The lowest BCUT2D eigenvalue weighted by molar-refractivity contribution is -0.240. The number of hydroxylamine groups is 2. The molecule has 0 amide bonds. The Hall–Kier alpha value is -0.900. The fourth-order valence-electron chi connectivity index (χ4n) is 2.66. The van der Waals surface area contributed by atoms with Crippen molar-refractivity contribution in [2.45, 2.75) is 32.1 Å². The third-order valence-electron chi connectivity index (χ3n) is 3.38. The molecule has 2 aliphatic heterocycles. The average molecular weight is 219 g/mol. The van der Waals surface area contributed by atoms with Crippen LogP contribution in [0, 0.1) is 0 Å². The largest absolute Gasteiger partial charge is 0.351 e. The molecule has 3 rings (SSSR count). The van der Waals surface area contributed by atoms with Gasteiger partial charge in [-0.05, 0) is 24.5 Å². The molecule has 0 N–H and O–H groups in total. The summed E-state index contributed by atoms with van der Waals surface area (Å²) in [5.41, 5.74) is 2.88. The van der Waals surface area contributed by atoms with Crippen molar-refractivity contribution in [3.05, 3.63) is 35.4 Å². The van der Waals surface area contributed by atoms with Crippen LogP contribution in [0.15, 0.2) is 24.3 Å². The lowest BCUT2D eigenvalue weighted by atomic mass is 9.93. The van der Waals surface area contributed by atoms with Crippen molar-refractivity contribution in [3.8, 4) is 0 Å². The van der Waals surface area contributed by atoms with Gasteiger partial charge in [0.2, 0.25) is 0 Å². The molecule has 16 heavy (non-hydrogen) atoms. The molecule has 1 aromatic rings. The van der Waals surface area contributed by atoms with E-state index in [1.54, 1.807) is 0 Å². The highest BCUT2D eigenvalue weighted by molar-refractivity contribution is 5.32. The first-order valence-electron chi connectivity index (χ1n) is 6.01. The lowest BCUT2D eigenvalue weighted by Gasteiger charge is -2.29. The van der Waals surface area contributed by atoms with Crippen molar-refractivity contribution in [1.29, 1.82) is 0 Å². The van der Waals surface area contributed by atoms with E-state index >= 15 is 0 Å². The van der Waals surface area contributed by atoms with E-state index in [9.17, 15) is 0 Å². The number of ether oxygens (including phenoxy) is 1. The highest BCUT2D eigenvalue weighted by Crippen LogP contribution is 2.39. The number of nitrogens with zero attached hydrogens (tertiary/aromatic N) is 1. The molecule has 3 heteroatoms. The molecule has 0 saturated carbocycles. The van der Waals surface area contributed by atoms with E-state index in [0.29, 0.717) is 12.6 Å². The van der Waals surface area contributed by atoms with E-state index in [0.717, 1.165) is 19.4 Å². The SMILES string of the molecule is CCO[C@H]1C[C@H]2c3ccccc3CCN2O1. The third kappa shape index (κ3) is 1.65. The highest BCUT2D eigenvalue weighted by atomic mass is 16.8. The summed E-state index contributed by atoms with van der Waals surface area (Å²) < 4.78 is 5.55. The van der Waals surface area contributed by atoms with Crippen molar-refractivity contribution in [2.75, 3.05) is 13.2 Å². The zero-order valence-electron chi connectivity index (χ0n) is 9.56. The van der Waals surface area contributed by atoms with Crippen molar-refractivity contribution in [3.63, 3.8) is 0 Å². The maximum absolute atomic E-state index is 5.77. The van der Waals surface area contributed by atoms with Gasteiger partial charge in [0.25, 0.3) is 0 Å². The predicted octanol–water partition coefficient (Wildman–Crippen LogP) is 2.28. The molecular weight excluding hydrogens is 202 g/mol. The summed E-state index contributed by atoms with van der Waals surface area (Å²) in [6.45, 7) is 3.70. The van der Waals surface area contributed by atoms with Crippen LogP contribution in [0.5, 0.6) is 0 Å². The van der Waals surface area contributed by atoms with Crippen molar-refractivity contribution in [1.82, 2.24) is 5.06 Å². The van der Waals surface area contributed by atoms with Crippen LogP contribution in [0.1, 0.15) is 30.5 Å². The molecule has 1 fully saturated rings. The smallest absolute Gasteiger partial charge is 0.179 e. The summed E-state index contributed by atoms with van der Waals surface area (Å²) >= 11 is 0. The van der Waals surface area contributed by atoms with Crippen LogP contribution in [0.3, 0.4) is 0 Å². The van der Waals surface area contributed by atoms with Crippen molar-refractivity contribution >= 4 is 0 Å². The molecule has 1 aromatic carbocycles. The number of rotatable bonds is 2. The molecule has 0 unspecified atom stereocenters. The number of hydrogen-bond donors (Lipinski definition) is 0. The number of hydrogen-bond acceptors (Lipinski definition) is 3. The van der Waals surface area contributed by atoms with Crippen LogP contribution in [-0.2, 0) is 16.0 Å². The Bertz CT molecular complexity index is 380. The topological polar surface area (TPSA) is 21.7 Å². The van der Waals surface area contributed by atoms with Gasteiger partial charge in [0.15, 0.2) is 6.29 Å².